The molecule has 0 saturated carbocycles. The van der Waals surface area contributed by atoms with Gasteiger partial charge in [0, 0.05) is 6.04 Å². The normalized spacial score (nSPS) is 14.4. The molecule has 1 aliphatic rings. The number of hydrogen-bond acceptors (Lipinski definition) is 3. The van der Waals surface area contributed by atoms with Crippen LogP contribution in [0.15, 0.2) is 24.3 Å². The summed E-state index contributed by atoms with van der Waals surface area (Å²) in [5.41, 5.74) is 2.64. The Labute approximate surface area is 100 Å². The molecule has 1 amide bonds. The number of rotatable bonds is 5. The minimum absolute atomic E-state index is 0.0512. The SMILES string of the molecule is O=CCNCC(=O)NC1Cc2ccccc2C1. The molecule has 17 heavy (non-hydrogen) atoms. The van der Waals surface area contributed by atoms with Gasteiger partial charge in [-0.15, -0.1) is 0 Å². The van der Waals surface area contributed by atoms with E-state index in [0.29, 0.717) is 0 Å². The van der Waals surface area contributed by atoms with E-state index in [-0.39, 0.29) is 25.0 Å². The van der Waals surface area contributed by atoms with Crippen molar-refractivity contribution in [2.24, 2.45) is 0 Å². The number of nitrogens with one attached hydrogen (secondary N) is 2. The van der Waals surface area contributed by atoms with E-state index in [2.05, 4.69) is 22.8 Å². The molecular formula is C13H16N2O2. The highest BCUT2D eigenvalue weighted by atomic mass is 16.2. The van der Waals surface area contributed by atoms with Gasteiger partial charge < -0.3 is 15.4 Å². The summed E-state index contributed by atoms with van der Waals surface area (Å²) in [6, 6.07) is 8.44. The molecule has 0 spiro atoms. The Balaban J connectivity index is 1.79. The van der Waals surface area contributed by atoms with Crippen LogP contribution in [0.25, 0.3) is 0 Å². The van der Waals surface area contributed by atoms with Gasteiger partial charge >= 0.3 is 0 Å². The standard InChI is InChI=1S/C13H16N2O2/c16-6-5-14-9-13(17)15-12-7-10-3-1-2-4-11(10)8-12/h1-4,6,12,14H,5,7-9H2,(H,15,17). The average molecular weight is 232 g/mol. The Bertz CT molecular complexity index is 393. The van der Waals surface area contributed by atoms with Gasteiger partial charge in [0.15, 0.2) is 0 Å². The van der Waals surface area contributed by atoms with Crippen molar-refractivity contribution in [1.82, 2.24) is 10.6 Å². The van der Waals surface area contributed by atoms with Crippen LogP contribution >= 0.6 is 0 Å². The third kappa shape index (κ3) is 3.14. The Morgan fingerprint density at radius 1 is 1.29 bits per heavy atom. The van der Waals surface area contributed by atoms with E-state index in [1.165, 1.54) is 11.1 Å². The summed E-state index contributed by atoms with van der Waals surface area (Å²) >= 11 is 0. The van der Waals surface area contributed by atoms with E-state index in [9.17, 15) is 9.59 Å². The van der Waals surface area contributed by atoms with Gasteiger partial charge in [0.1, 0.15) is 6.29 Å². The minimum atomic E-state index is -0.0512. The smallest absolute Gasteiger partial charge is 0.234 e. The maximum Gasteiger partial charge on any atom is 0.234 e. The van der Waals surface area contributed by atoms with Gasteiger partial charge in [-0.1, -0.05) is 24.3 Å². The highest BCUT2D eigenvalue weighted by Crippen LogP contribution is 2.21. The highest BCUT2D eigenvalue weighted by molar-refractivity contribution is 5.78. The summed E-state index contributed by atoms with van der Waals surface area (Å²) in [4.78, 5) is 21.6. The van der Waals surface area contributed by atoms with E-state index in [1.807, 2.05) is 12.1 Å². The molecule has 0 saturated heterocycles. The molecule has 0 heterocycles. The van der Waals surface area contributed by atoms with Gasteiger partial charge in [-0.2, -0.15) is 0 Å². The molecule has 0 aliphatic heterocycles. The van der Waals surface area contributed by atoms with Gasteiger partial charge in [-0.25, -0.2) is 0 Å². The molecule has 0 fully saturated rings. The molecule has 2 N–H and O–H groups in total. The lowest BCUT2D eigenvalue weighted by Crippen LogP contribution is -2.41. The number of aldehydes is 1. The highest BCUT2D eigenvalue weighted by Gasteiger charge is 2.21. The first kappa shape index (κ1) is 11.8. The van der Waals surface area contributed by atoms with Gasteiger partial charge in [-0.3, -0.25) is 4.79 Å². The van der Waals surface area contributed by atoms with E-state index in [1.54, 1.807) is 0 Å². The van der Waals surface area contributed by atoms with Crippen molar-refractivity contribution in [1.29, 1.82) is 0 Å². The van der Waals surface area contributed by atoms with Crippen LogP contribution in [0, 0.1) is 0 Å². The van der Waals surface area contributed by atoms with Crippen LogP contribution in [0.1, 0.15) is 11.1 Å². The Kier molecular flexibility index (Phi) is 3.88. The lowest BCUT2D eigenvalue weighted by atomic mass is 10.1. The molecule has 1 aromatic carbocycles. The largest absolute Gasteiger partial charge is 0.352 e. The third-order valence-corrected chi connectivity index (χ3v) is 2.93. The summed E-state index contributed by atoms with van der Waals surface area (Å²) in [7, 11) is 0. The topological polar surface area (TPSA) is 58.2 Å². The molecule has 0 bridgehead atoms. The van der Waals surface area contributed by atoms with Crippen LogP contribution in [0.2, 0.25) is 0 Å². The van der Waals surface area contributed by atoms with Crippen molar-refractivity contribution in [3.05, 3.63) is 35.4 Å². The van der Waals surface area contributed by atoms with Crippen LogP contribution in [-0.4, -0.2) is 31.3 Å². The monoisotopic (exact) mass is 232 g/mol. The molecule has 0 aromatic heterocycles. The predicted octanol–water partition coefficient (Wildman–Crippen LogP) is 0.0585. The van der Waals surface area contributed by atoms with Gasteiger partial charge in [0.25, 0.3) is 0 Å². The molecule has 0 radical (unpaired) electrons. The number of carbonyl (C=O) groups is 2. The summed E-state index contributed by atoms with van der Waals surface area (Å²) in [5, 5.41) is 5.72. The van der Waals surface area contributed by atoms with Crippen molar-refractivity contribution in [3.8, 4) is 0 Å². The van der Waals surface area contributed by atoms with Crippen LogP contribution < -0.4 is 10.6 Å². The second kappa shape index (κ2) is 5.59. The van der Waals surface area contributed by atoms with E-state index < -0.39 is 0 Å². The summed E-state index contributed by atoms with van der Waals surface area (Å²) in [5.74, 6) is -0.0512. The van der Waals surface area contributed by atoms with Crippen LogP contribution in [0.3, 0.4) is 0 Å². The zero-order valence-electron chi connectivity index (χ0n) is 9.61. The average Bonchev–Trinajstić information content (AvgIpc) is 2.71. The van der Waals surface area contributed by atoms with Crippen molar-refractivity contribution < 1.29 is 9.59 Å². The minimum Gasteiger partial charge on any atom is -0.352 e. The zero-order chi connectivity index (χ0) is 12.1. The van der Waals surface area contributed by atoms with Crippen molar-refractivity contribution in [2.75, 3.05) is 13.1 Å². The van der Waals surface area contributed by atoms with Crippen LogP contribution in [-0.2, 0) is 22.4 Å². The fourth-order valence-electron chi connectivity index (χ4n) is 2.18. The fourth-order valence-corrected chi connectivity index (χ4v) is 2.18. The molecule has 4 nitrogen and oxygen atoms in total. The molecular weight excluding hydrogens is 216 g/mol. The van der Waals surface area contributed by atoms with E-state index in [4.69, 9.17) is 0 Å². The summed E-state index contributed by atoms with van der Waals surface area (Å²) < 4.78 is 0. The lowest BCUT2D eigenvalue weighted by Gasteiger charge is -2.11. The number of fused-ring (bicyclic) bond motifs is 1. The number of benzene rings is 1. The number of hydrogen-bond donors (Lipinski definition) is 2. The van der Waals surface area contributed by atoms with Gasteiger partial charge in [0.2, 0.25) is 5.91 Å². The van der Waals surface area contributed by atoms with Gasteiger partial charge in [-0.05, 0) is 24.0 Å². The first-order valence-electron chi connectivity index (χ1n) is 5.80. The number of carbonyl (C=O) groups excluding carboxylic acids is 2. The molecule has 1 aromatic rings. The molecule has 90 valence electrons. The van der Waals surface area contributed by atoms with Crippen LogP contribution in [0.5, 0.6) is 0 Å². The molecule has 0 atom stereocenters. The molecule has 4 heteroatoms. The lowest BCUT2D eigenvalue weighted by molar-refractivity contribution is -0.120. The predicted molar refractivity (Wildman–Crippen MR) is 64.7 cm³/mol. The van der Waals surface area contributed by atoms with E-state index >= 15 is 0 Å². The first-order valence-corrected chi connectivity index (χ1v) is 5.80. The van der Waals surface area contributed by atoms with Crippen LogP contribution in [0.4, 0.5) is 0 Å². The first-order chi connectivity index (χ1) is 8.29. The Morgan fingerprint density at radius 2 is 1.94 bits per heavy atom. The quantitative estimate of drug-likeness (QED) is 0.557. The van der Waals surface area contributed by atoms with Crippen molar-refractivity contribution in [2.45, 2.75) is 18.9 Å². The van der Waals surface area contributed by atoms with Crippen molar-refractivity contribution >= 4 is 12.2 Å². The van der Waals surface area contributed by atoms with E-state index in [0.717, 1.165) is 19.1 Å². The molecule has 0 unspecified atom stereocenters. The fraction of sp³-hybridized carbons (Fsp3) is 0.385. The Morgan fingerprint density at radius 3 is 2.53 bits per heavy atom. The molecule has 2 rings (SSSR count). The summed E-state index contributed by atoms with van der Waals surface area (Å²) in [6.45, 7) is 0.421. The maximum absolute atomic E-state index is 11.5. The number of amides is 1. The Hall–Kier alpha value is -1.68. The van der Waals surface area contributed by atoms with Gasteiger partial charge in [0.05, 0.1) is 13.1 Å². The molecule has 1 aliphatic carbocycles. The van der Waals surface area contributed by atoms with Crippen molar-refractivity contribution in [3.63, 3.8) is 0 Å². The second-order valence-corrected chi connectivity index (χ2v) is 4.24. The maximum atomic E-state index is 11.5. The third-order valence-electron chi connectivity index (χ3n) is 2.93. The zero-order valence-corrected chi connectivity index (χ0v) is 9.61. The second-order valence-electron chi connectivity index (χ2n) is 4.24. The summed E-state index contributed by atoms with van der Waals surface area (Å²) in [6.07, 6.45) is 2.55.